The zero-order chi connectivity index (χ0) is 20.7. The molecule has 2 rings (SSSR count). The van der Waals surface area contributed by atoms with Gasteiger partial charge in [0.05, 0.1) is 24.2 Å². The number of aryl methyl sites for hydroxylation is 2. The summed E-state index contributed by atoms with van der Waals surface area (Å²) in [5.41, 5.74) is 2.37. The number of methoxy groups -OCH3 is 1. The molecule has 0 bridgehead atoms. The van der Waals surface area contributed by atoms with Gasteiger partial charge in [0.2, 0.25) is 0 Å². The average molecular weight is 405 g/mol. The Labute approximate surface area is 164 Å². The third-order valence-corrected chi connectivity index (χ3v) is 5.86. The minimum Gasteiger partial charge on any atom is -0.497 e. The van der Waals surface area contributed by atoms with Crippen LogP contribution < -0.4 is 10.1 Å². The normalized spacial score (nSPS) is 11.0. The number of sulfone groups is 1. The highest BCUT2D eigenvalue weighted by molar-refractivity contribution is 7.91. The molecular formula is C20H23NO6S. The highest BCUT2D eigenvalue weighted by atomic mass is 32.2. The summed E-state index contributed by atoms with van der Waals surface area (Å²) >= 11 is 0. The molecule has 0 heterocycles. The van der Waals surface area contributed by atoms with Gasteiger partial charge >= 0.3 is 5.97 Å². The Bertz CT molecular complexity index is 951. The predicted octanol–water partition coefficient (Wildman–Crippen LogP) is 2.66. The number of amides is 1. The summed E-state index contributed by atoms with van der Waals surface area (Å²) in [6.45, 7) is 3.22. The van der Waals surface area contributed by atoms with Gasteiger partial charge in [-0.05, 0) is 61.4 Å². The number of nitrogens with one attached hydrogen (secondary N) is 1. The van der Waals surface area contributed by atoms with Crippen LogP contribution in [0.25, 0.3) is 0 Å². The fourth-order valence-electron chi connectivity index (χ4n) is 2.33. The fraction of sp³-hybridized carbons (Fsp3) is 0.300. The number of rotatable bonds is 8. The summed E-state index contributed by atoms with van der Waals surface area (Å²) in [7, 11) is -2.07. The molecule has 0 radical (unpaired) electrons. The second-order valence-electron chi connectivity index (χ2n) is 6.25. The van der Waals surface area contributed by atoms with E-state index in [9.17, 15) is 18.0 Å². The van der Waals surface area contributed by atoms with Crippen molar-refractivity contribution >= 4 is 27.4 Å². The first-order valence-electron chi connectivity index (χ1n) is 8.61. The average Bonchev–Trinajstić information content (AvgIpc) is 2.67. The van der Waals surface area contributed by atoms with Crippen molar-refractivity contribution in [3.05, 3.63) is 53.6 Å². The largest absolute Gasteiger partial charge is 0.497 e. The Morgan fingerprint density at radius 1 is 1.00 bits per heavy atom. The van der Waals surface area contributed by atoms with Crippen molar-refractivity contribution in [2.75, 3.05) is 24.8 Å². The SMILES string of the molecule is COc1ccc(NC(=O)COC(=O)CCS(=O)(=O)c2ccc(C)c(C)c2)cc1. The first-order valence-corrected chi connectivity index (χ1v) is 10.3. The van der Waals surface area contributed by atoms with Gasteiger partial charge in [0, 0.05) is 5.69 Å². The molecule has 0 aromatic heterocycles. The minimum absolute atomic E-state index is 0.167. The van der Waals surface area contributed by atoms with Crippen molar-refractivity contribution in [1.82, 2.24) is 0 Å². The van der Waals surface area contributed by atoms with Crippen molar-refractivity contribution in [2.45, 2.75) is 25.2 Å². The molecule has 150 valence electrons. The van der Waals surface area contributed by atoms with Crippen LogP contribution in [0, 0.1) is 13.8 Å². The zero-order valence-corrected chi connectivity index (χ0v) is 16.8. The van der Waals surface area contributed by atoms with Gasteiger partial charge in [-0.3, -0.25) is 9.59 Å². The van der Waals surface area contributed by atoms with Crippen molar-refractivity contribution in [3.63, 3.8) is 0 Å². The summed E-state index contributed by atoms with van der Waals surface area (Å²) in [6, 6.07) is 11.5. The van der Waals surface area contributed by atoms with Crippen LogP contribution in [-0.2, 0) is 24.2 Å². The van der Waals surface area contributed by atoms with Crippen LogP contribution in [0.15, 0.2) is 47.4 Å². The van der Waals surface area contributed by atoms with E-state index in [-0.39, 0.29) is 17.1 Å². The topological polar surface area (TPSA) is 98.8 Å². The third-order valence-electron chi connectivity index (χ3n) is 4.15. The van der Waals surface area contributed by atoms with E-state index in [4.69, 9.17) is 9.47 Å². The number of hydrogen-bond acceptors (Lipinski definition) is 6. The summed E-state index contributed by atoms with van der Waals surface area (Å²) in [5.74, 6) is -1.00. The smallest absolute Gasteiger partial charge is 0.307 e. The fourth-order valence-corrected chi connectivity index (χ4v) is 3.64. The molecule has 1 N–H and O–H groups in total. The second-order valence-corrected chi connectivity index (χ2v) is 8.36. The molecule has 0 aliphatic heterocycles. The number of ether oxygens (including phenoxy) is 2. The molecule has 0 atom stereocenters. The second kappa shape index (κ2) is 9.36. The Kier molecular flexibility index (Phi) is 7.17. The summed E-state index contributed by atoms with van der Waals surface area (Å²) in [6.07, 6.45) is -0.328. The Morgan fingerprint density at radius 3 is 2.29 bits per heavy atom. The maximum atomic E-state index is 12.3. The first-order chi connectivity index (χ1) is 13.2. The highest BCUT2D eigenvalue weighted by Crippen LogP contribution is 2.17. The number of carbonyl (C=O) groups excluding carboxylic acids is 2. The van der Waals surface area contributed by atoms with Gasteiger partial charge in [0.1, 0.15) is 5.75 Å². The molecule has 7 nitrogen and oxygen atoms in total. The van der Waals surface area contributed by atoms with Crippen LogP contribution in [0.3, 0.4) is 0 Å². The molecule has 2 aromatic carbocycles. The maximum Gasteiger partial charge on any atom is 0.307 e. The molecule has 1 amide bonds. The highest BCUT2D eigenvalue weighted by Gasteiger charge is 2.18. The summed E-state index contributed by atoms with van der Waals surface area (Å²) in [4.78, 5) is 23.8. The molecule has 28 heavy (non-hydrogen) atoms. The molecule has 0 spiro atoms. The van der Waals surface area contributed by atoms with Gasteiger partial charge in [-0.2, -0.15) is 0 Å². The lowest BCUT2D eigenvalue weighted by atomic mass is 10.1. The molecule has 0 saturated carbocycles. The van der Waals surface area contributed by atoms with Gasteiger partial charge in [-0.15, -0.1) is 0 Å². The van der Waals surface area contributed by atoms with Crippen molar-refractivity contribution < 1.29 is 27.5 Å². The maximum absolute atomic E-state index is 12.3. The molecule has 2 aromatic rings. The van der Waals surface area contributed by atoms with Crippen molar-refractivity contribution in [2.24, 2.45) is 0 Å². The lowest BCUT2D eigenvalue weighted by Crippen LogP contribution is -2.22. The standard InChI is InChI=1S/C20H23NO6S/c1-14-4-9-18(12-15(14)2)28(24,25)11-10-20(23)27-13-19(22)21-16-5-7-17(26-3)8-6-16/h4-9,12H,10-11,13H2,1-3H3,(H,21,22). The van der Waals surface area contributed by atoms with Crippen LogP contribution in [0.4, 0.5) is 5.69 Å². The van der Waals surface area contributed by atoms with Gasteiger partial charge in [0.25, 0.3) is 5.91 Å². The predicted molar refractivity (Wildman–Crippen MR) is 105 cm³/mol. The van der Waals surface area contributed by atoms with E-state index in [1.807, 2.05) is 13.8 Å². The van der Waals surface area contributed by atoms with E-state index in [1.54, 1.807) is 36.4 Å². The summed E-state index contributed by atoms with van der Waals surface area (Å²) < 4.78 is 34.5. The number of benzene rings is 2. The van der Waals surface area contributed by atoms with Crippen LogP contribution in [0.1, 0.15) is 17.5 Å². The first kappa shape index (κ1) is 21.4. The van der Waals surface area contributed by atoms with E-state index in [1.165, 1.54) is 13.2 Å². The molecule has 0 fully saturated rings. The molecule has 0 unspecified atom stereocenters. The minimum atomic E-state index is -3.60. The Balaban J connectivity index is 1.81. The van der Waals surface area contributed by atoms with Crippen LogP contribution >= 0.6 is 0 Å². The van der Waals surface area contributed by atoms with Crippen molar-refractivity contribution in [1.29, 1.82) is 0 Å². The zero-order valence-electron chi connectivity index (χ0n) is 16.0. The number of anilines is 1. The van der Waals surface area contributed by atoms with Crippen molar-refractivity contribution in [3.8, 4) is 5.75 Å². The van der Waals surface area contributed by atoms with E-state index < -0.39 is 28.3 Å². The third kappa shape index (κ3) is 6.09. The monoisotopic (exact) mass is 405 g/mol. The van der Waals surface area contributed by atoms with Gasteiger partial charge in [0.15, 0.2) is 16.4 Å². The van der Waals surface area contributed by atoms with Crippen LogP contribution in [0.5, 0.6) is 5.75 Å². The van der Waals surface area contributed by atoms with Gasteiger partial charge < -0.3 is 14.8 Å². The van der Waals surface area contributed by atoms with E-state index >= 15 is 0 Å². The Morgan fingerprint density at radius 2 is 1.68 bits per heavy atom. The molecule has 0 saturated heterocycles. The number of hydrogen-bond donors (Lipinski definition) is 1. The molecular weight excluding hydrogens is 382 g/mol. The summed E-state index contributed by atoms with van der Waals surface area (Å²) in [5, 5.41) is 2.57. The van der Waals surface area contributed by atoms with Gasteiger partial charge in [-0.25, -0.2) is 8.42 Å². The quantitative estimate of drug-likeness (QED) is 0.678. The molecule has 0 aliphatic rings. The van der Waals surface area contributed by atoms with E-state index in [0.717, 1.165) is 11.1 Å². The lowest BCUT2D eigenvalue weighted by molar-refractivity contribution is -0.146. The lowest BCUT2D eigenvalue weighted by Gasteiger charge is -2.08. The van der Waals surface area contributed by atoms with E-state index in [0.29, 0.717) is 11.4 Å². The molecule has 8 heteroatoms. The van der Waals surface area contributed by atoms with Crippen LogP contribution in [0.2, 0.25) is 0 Å². The van der Waals surface area contributed by atoms with E-state index in [2.05, 4.69) is 5.32 Å². The number of esters is 1. The number of carbonyl (C=O) groups is 2. The Hall–Kier alpha value is -2.87. The molecule has 0 aliphatic carbocycles. The van der Waals surface area contributed by atoms with Gasteiger partial charge in [-0.1, -0.05) is 6.07 Å². The van der Waals surface area contributed by atoms with Crippen LogP contribution in [-0.4, -0.2) is 39.8 Å².